The summed E-state index contributed by atoms with van der Waals surface area (Å²) in [6.45, 7) is 1.42. The molecule has 2 aromatic rings. The fourth-order valence-electron chi connectivity index (χ4n) is 3.57. The topological polar surface area (TPSA) is 77.9 Å². The van der Waals surface area contributed by atoms with Crippen molar-refractivity contribution in [3.8, 4) is 0 Å². The van der Waals surface area contributed by atoms with Gasteiger partial charge >= 0.3 is 5.97 Å². The number of benzene rings is 2. The molecule has 6 nitrogen and oxygen atoms in total. The van der Waals surface area contributed by atoms with Gasteiger partial charge in [0.1, 0.15) is 11.9 Å². The Morgan fingerprint density at radius 2 is 1.72 bits per heavy atom. The van der Waals surface area contributed by atoms with Gasteiger partial charge in [-0.3, -0.25) is 9.69 Å². The average molecular weight is 421 g/mol. The van der Waals surface area contributed by atoms with Crippen LogP contribution in [0.25, 0.3) is 0 Å². The van der Waals surface area contributed by atoms with Crippen LogP contribution in [0.4, 0.5) is 4.39 Å². The van der Waals surface area contributed by atoms with Crippen LogP contribution in [-0.2, 0) is 21.2 Å². The molecule has 8 heteroatoms. The number of rotatable bonds is 8. The van der Waals surface area contributed by atoms with E-state index in [1.54, 1.807) is 0 Å². The predicted molar refractivity (Wildman–Crippen MR) is 108 cm³/mol. The largest absolute Gasteiger partial charge is 0.480 e. The molecule has 0 aromatic heterocycles. The first-order chi connectivity index (χ1) is 13.9. The van der Waals surface area contributed by atoms with Gasteiger partial charge in [-0.1, -0.05) is 30.3 Å². The zero-order valence-corrected chi connectivity index (χ0v) is 16.9. The van der Waals surface area contributed by atoms with Gasteiger partial charge < -0.3 is 5.11 Å². The number of piperazine rings is 1. The Morgan fingerprint density at radius 1 is 1.03 bits per heavy atom. The lowest BCUT2D eigenvalue weighted by Gasteiger charge is -2.38. The van der Waals surface area contributed by atoms with E-state index >= 15 is 0 Å². The molecule has 0 amide bonds. The minimum absolute atomic E-state index is 0.0926. The average Bonchev–Trinajstić information content (AvgIpc) is 2.72. The third-order valence-corrected chi connectivity index (χ3v) is 7.08. The van der Waals surface area contributed by atoms with E-state index in [4.69, 9.17) is 0 Å². The van der Waals surface area contributed by atoms with E-state index in [0.29, 0.717) is 6.54 Å². The van der Waals surface area contributed by atoms with Crippen LogP contribution in [0.15, 0.2) is 59.5 Å². The zero-order chi connectivity index (χ0) is 20.9. The Kier molecular flexibility index (Phi) is 7.00. The Labute approximate surface area is 170 Å². The zero-order valence-electron chi connectivity index (χ0n) is 16.1. The van der Waals surface area contributed by atoms with E-state index in [-0.39, 0.29) is 18.0 Å². The number of carboxylic acids is 1. The number of aryl methyl sites for hydroxylation is 1. The maximum absolute atomic E-state index is 13.1. The summed E-state index contributed by atoms with van der Waals surface area (Å²) in [4.78, 5) is 13.7. The maximum atomic E-state index is 13.1. The molecular weight excluding hydrogens is 395 g/mol. The fraction of sp³-hybridized carbons (Fsp3) is 0.381. The van der Waals surface area contributed by atoms with Crippen molar-refractivity contribution in [3.05, 3.63) is 66.0 Å². The summed E-state index contributed by atoms with van der Waals surface area (Å²) >= 11 is 0. The van der Waals surface area contributed by atoms with Crippen molar-refractivity contribution >= 4 is 16.0 Å². The van der Waals surface area contributed by atoms with Gasteiger partial charge in [0.2, 0.25) is 10.0 Å². The third kappa shape index (κ3) is 5.41. The number of halogens is 1. The van der Waals surface area contributed by atoms with Crippen LogP contribution in [0, 0.1) is 5.82 Å². The molecule has 0 saturated carbocycles. The molecule has 1 unspecified atom stereocenters. The molecule has 0 bridgehead atoms. The summed E-state index contributed by atoms with van der Waals surface area (Å²) in [7, 11) is -4.00. The molecule has 2 aromatic carbocycles. The van der Waals surface area contributed by atoms with Crippen molar-refractivity contribution in [2.45, 2.75) is 30.2 Å². The van der Waals surface area contributed by atoms with Crippen LogP contribution in [0.5, 0.6) is 0 Å². The molecule has 1 heterocycles. The number of carbonyl (C=O) groups is 1. The van der Waals surface area contributed by atoms with Gasteiger partial charge in [-0.05, 0) is 55.6 Å². The van der Waals surface area contributed by atoms with Crippen LogP contribution in [0.1, 0.15) is 18.4 Å². The second kappa shape index (κ2) is 9.47. The standard InChI is InChI=1S/C21H25FN2O4S/c22-18-9-11-19(12-10-18)29(27,28)24-15-14-23(16-20(24)21(25)26)13-5-4-8-17-6-2-1-3-7-17/h1-3,6-7,9-12,20H,4-5,8,13-16H2,(H,25,26). The molecule has 29 heavy (non-hydrogen) atoms. The van der Waals surface area contributed by atoms with E-state index in [2.05, 4.69) is 12.1 Å². The minimum Gasteiger partial charge on any atom is -0.480 e. The minimum atomic E-state index is -4.00. The lowest BCUT2D eigenvalue weighted by Crippen LogP contribution is -2.58. The highest BCUT2D eigenvalue weighted by Crippen LogP contribution is 2.22. The molecule has 1 aliphatic heterocycles. The highest BCUT2D eigenvalue weighted by atomic mass is 32.2. The van der Waals surface area contributed by atoms with Gasteiger partial charge in [0.15, 0.2) is 0 Å². The van der Waals surface area contributed by atoms with Crippen molar-refractivity contribution < 1.29 is 22.7 Å². The Bertz CT molecular complexity index is 919. The fourth-order valence-corrected chi connectivity index (χ4v) is 5.13. The van der Waals surface area contributed by atoms with Crippen LogP contribution in [0.3, 0.4) is 0 Å². The van der Waals surface area contributed by atoms with E-state index < -0.39 is 27.9 Å². The molecular formula is C21H25FN2O4S. The van der Waals surface area contributed by atoms with Crippen LogP contribution in [-0.4, -0.2) is 60.9 Å². The number of carboxylic acid groups (broad SMARTS) is 1. The molecule has 1 N–H and O–H groups in total. The van der Waals surface area contributed by atoms with Crippen molar-refractivity contribution in [1.82, 2.24) is 9.21 Å². The SMILES string of the molecule is O=C(O)C1CN(CCCCc2ccccc2)CCN1S(=O)(=O)c1ccc(F)cc1. The number of aliphatic carboxylic acids is 1. The lowest BCUT2D eigenvalue weighted by atomic mass is 10.1. The Balaban J connectivity index is 1.59. The third-order valence-electron chi connectivity index (χ3n) is 5.15. The predicted octanol–water partition coefficient (Wildman–Crippen LogP) is 2.61. The molecule has 0 spiro atoms. The van der Waals surface area contributed by atoms with Crippen LogP contribution < -0.4 is 0 Å². The normalized spacial score (nSPS) is 18.6. The van der Waals surface area contributed by atoms with Crippen molar-refractivity contribution in [1.29, 1.82) is 0 Å². The van der Waals surface area contributed by atoms with Crippen molar-refractivity contribution in [2.75, 3.05) is 26.2 Å². The van der Waals surface area contributed by atoms with E-state index in [1.165, 1.54) is 17.7 Å². The molecule has 1 aliphatic rings. The van der Waals surface area contributed by atoms with Crippen LogP contribution >= 0.6 is 0 Å². The molecule has 0 aliphatic carbocycles. The summed E-state index contributed by atoms with van der Waals surface area (Å²) in [5.41, 5.74) is 1.27. The molecule has 1 atom stereocenters. The number of unbranched alkanes of at least 4 members (excludes halogenated alkanes) is 1. The summed E-state index contributed by atoms with van der Waals surface area (Å²) in [5.74, 6) is -1.72. The van der Waals surface area contributed by atoms with E-state index in [0.717, 1.165) is 42.2 Å². The molecule has 1 fully saturated rings. The highest BCUT2D eigenvalue weighted by molar-refractivity contribution is 7.89. The van der Waals surface area contributed by atoms with Gasteiger partial charge in [0.25, 0.3) is 0 Å². The lowest BCUT2D eigenvalue weighted by molar-refractivity contribution is -0.143. The monoisotopic (exact) mass is 420 g/mol. The summed E-state index contributed by atoms with van der Waals surface area (Å²) < 4.78 is 39.9. The first kappa shape index (κ1) is 21.4. The van der Waals surface area contributed by atoms with Gasteiger partial charge in [0, 0.05) is 19.6 Å². The summed E-state index contributed by atoms with van der Waals surface area (Å²) in [6.07, 6.45) is 2.85. The first-order valence-electron chi connectivity index (χ1n) is 9.64. The van der Waals surface area contributed by atoms with Gasteiger partial charge in [-0.15, -0.1) is 0 Å². The van der Waals surface area contributed by atoms with Crippen molar-refractivity contribution in [3.63, 3.8) is 0 Å². The van der Waals surface area contributed by atoms with E-state index in [9.17, 15) is 22.7 Å². The smallest absolute Gasteiger partial charge is 0.323 e. The van der Waals surface area contributed by atoms with Gasteiger partial charge in [-0.2, -0.15) is 4.31 Å². The number of nitrogens with zero attached hydrogens (tertiary/aromatic N) is 2. The molecule has 156 valence electrons. The molecule has 3 rings (SSSR count). The van der Waals surface area contributed by atoms with Crippen molar-refractivity contribution in [2.24, 2.45) is 0 Å². The maximum Gasteiger partial charge on any atom is 0.323 e. The number of hydrogen-bond donors (Lipinski definition) is 1. The second-order valence-electron chi connectivity index (χ2n) is 7.17. The Morgan fingerprint density at radius 3 is 2.38 bits per heavy atom. The van der Waals surface area contributed by atoms with Gasteiger partial charge in [0.05, 0.1) is 4.90 Å². The quantitative estimate of drug-likeness (QED) is 0.665. The molecule has 0 radical (unpaired) electrons. The second-order valence-corrected chi connectivity index (χ2v) is 9.06. The highest BCUT2D eigenvalue weighted by Gasteiger charge is 2.40. The van der Waals surface area contributed by atoms with Crippen LogP contribution in [0.2, 0.25) is 0 Å². The summed E-state index contributed by atoms with van der Waals surface area (Å²) in [6, 6.07) is 13.5. The first-order valence-corrected chi connectivity index (χ1v) is 11.1. The molecule has 1 saturated heterocycles. The van der Waals surface area contributed by atoms with E-state index in [1.807, 2.05) is 23.1 Å². The number of sulfonamides is 1. The van der Waals surface area contributed by atoms with Gasteiger partial charge in [-0.25, -0.2) is 12.8 Å². The summed E-state index contributed by atoms with van der Waals surface area (Å²) in [5, 5.41) is 9.61. The Hall–Kier alpha value is -2.29. The number of hydrogen-bond acceptors (Lipinski definition) is 4.